The smallest absolute Gasteiger partial charge is 0.128 e. The summed E-state index contributed by atoms with van der Waals surface area (Å²) in [5, 5.41) is 0.763. The van der Waals surface area contributed by atoms with Crippen molar-refractivity contribution in [2.75, 3.05) is 24.2 Å². The number of aryl methyl sites for hydroxylation is 1. The average molecular weight is 432 g/mol. The van der Waals surface area contributed by atoms with Crippen LogP contribution < -0.4 is 9.62 Å². The zero-order valence-corrected chi connectivity index (χ0v) is 19.0. The summed E-state index contributed by atoms with van der Waals surface area (Å²) < 4.78 is 14.5. The molecule has 3 rings (SSSR count). The number of halogens is 1. The van der Waals surface area contributed by atoms with Crippen molar-refractivity contribution in [3.8, 4) is 0 Å². The molecule has 1 fully saturated rings. The number of hydrogen-bond acceptors (Lipinski definition) is 3. The number of hydrogen-bond donors (Lipinski definition) is 1. The first-order valence-corrected chi connectivity index (χ1v) is 12.2. The van der Waals surface area contributed by atoms with E-state index in [1.807, 2.05) is 18.3 Å². The van der Waals surface area contributed by atoms with Crippen LogP contribution in [0.3, 0.4) is 0 Å². The predicted molar refractivity (Wildman–Crippen MR) is 125 cm³/mol. The molecule has 1 aliphatic rings. The molecule has 0 spiro atoms. The minimum atomic E-state index is -0.951. The molecule has 2 aromatic rings. The monoisotopic (exact) mass is 431 g/mol. The number of unbranched alkanes of at least 4 members (excludes halogenated alkanes) is 1. The molecule has 1 atom stereocenters. The van der Waals surface area contributed by atoms with Crippen LogP contribution in [0.15, 0.2) is 42.6 Å². The van der Waals surface area contributed by atoms with Crippen molar-refractivity contribution < 1.29 is 4.21 Å². The van der Waals surface area contributed by atoms with Gasteiger partial charge in [0.1, 0.15) is 5.82 Å². The highest BCUT2D eigenvalue weighted by Crippen LogP contribution is 2.29. The SMILES string of the molecule is CCCC=C(c1ccc(N2CCC(NS(C)=O)CC2)nc1)c1ccc(Cl)cc1C. The van der Waals surface area contributed by atoms with Crippen LogP contribution in [0.2, 0.25) is 5.02 Å². The van der Waals surface area contributed by atoms with Gasteiger partial charge in [-0.15, -0.1) is 0 Å². The molecule has 0 saturated carbocycles. The van der Waals surface area contributed by atoms with Crippen molar-refractivity contribution in [1.29, 1.82) is 0 Å². The van der Waals surface area contributed by atoms with E-state index < -0.39 is 11.0 Å². The lowest BCUT2D eigenvalue weighted by atomic mass is 9.94. The van der Waals surface area contributed by atoms with Gasteiger partial charge in [0.15, 0.2) is 0 Å². The van der Waals surface area contributed by atoms with E-state index in [0.29, 0.717) is 6.04 Å². The zero-order valence-electron chi connectivity index (χ0n) is 17.5. The summed E-state index contributed by atoms with van der Waals surface area (Å²) in [6.45, 7) is 6.15. The third kappa shape index (κ3) is 5.91. The van der Waals surface area contributed by atoms with Crippen LogP contribution >= 0.6 is 11.6 Å². The van der Waals surface area contributed by atoms with Gasteiger partial charge in [0, 0.05) is 42.2 Å². The third-order valence-corrected chi connectivity index (χ3v) is 6.23. The van der Waals surface area contributed by atoms with Gasteiger partial charge in [0.2, 0.25) is 0 Å². The number of benzene rings is 1. The Morgan fingerprint density at radius 3 is 2.66 bits per heavy atom. The topological polar surface area (TPSA) is 45.2 Å². The predicted octanol–water partition coefficient (Wildman–Crippen LogP) is 5.13. The van der Waals surface area contributed by atoms with Crippen LogP contribution in [0.4, 0.5) is 5.82 Å². The van der Waals surface area contributed by atoms with Crippen LogP contribution in [0.25, 0.3) is 5.57 Å². The van der Waals surface area contributed by atoms with E-state index in [2.05, 4.69) is 47.7 Å². The number of pyridine rings is 1. The van der Waals surface area contributed by atoms with Crippen LogP contribution in [-0.4, -0.2) is 34.6 Å². The highest BCUT2D eigenvalue weighted by Gasteiger charge is 2.20. The van der Waals surface area contributed by atoms with Gasteiger partial charge < -0.3 is 4.90 Å². The van der Waals surface area contributed by atoms with Gasteiger partial charge in [-0.2, -0.15) is 0 Å². The summed E-state index contributed by atoms with van der Waals surface area (Å²) in [7, 11) is -0.951. The average Bonchev–Trinajstić information content (AvgIpc) is 2.70. The minimum Gasteiger partial charge on any atom is -0.357 e. The summed E-state index contributed by atoms with van der Waals surface area (Å²) >= 11 is 6.16. The van der Waals surface area contributed by atoms with Gasteiger partial charge in [-0.25, -0.2) is 13.9 Å². The third-order valence-electron chi connectivity index (χ3n) is 5.33. The van der Waals surface area contributed by atoms with E-state index in [4.69, 9.17) is 16.6 Å². The van der Waals surface area contributed by atoms with Crippen LogP contribution in [0.1, 0.15) is 49.3 Å². The number of allylic oxidation sites excluding steroid dienone is 1. The molecule has 0 bridgehead atoms. The fourth-order valence-electron chi connectivity index (χ4n) is 3.79. The molecule has 29 heavy (non-hydrogen) atoms. The molecular weight excluding hydrogens is 402 g/mol. The molecule has 2 heterocycles. The maximum Gasteiger partial charge on any atom is 0.128 e. The first-order chi connectivity index (χ1) is 14.0. The van der Waals surface area contributed by atoms with Crippen LogP contribution in [-0.2, 0) is 11.0 Å². The fraction of sp³-hybridized carbons (Fsp3) is 0.435. The fourth-order valence-corrected chi connectivity index (χ4v) is 4.73. The van der Waals surface area contributed by atoms with E-state index in [9.17, 15) is 4.21 Å². The molecular formula is C23H30ClN3OS. The summed E-state index contributed by atoms with van der Waals surface area (Å²) in [5.74, 6) is 1.01. The Morgan fingerprint density at radius 2 is 2.07 bits per heavy atom. The summed E-state index contributed by atoms with van der Waals surface area (Å²) in [6.07, 6.45) is 10.1. The Kier molecular flexibility index (Phi) is 7.87. The van der Waals surface area contributed by atoms with Gasteiger partial charge in [-0.1, -0.05) is 37.1 Å². The van der Waals surface area contributed by atoms with E-state index in [-0.39, 0.29) is 0 Å². The van der Waals surface area contributed by atoms with E-state index in [1.54, 1.807) is 6.26 Å². The van der Waals surface area contributed by atoms with Crippen molar-refractivity contribution >= 4 is 34.0 Å². The van der Waals surface area contributed by atoms with E-state index in [1.165, 1.54) is 16.7 Å². The quantitative estimate of drug-likeness (QED) is 0.661. The molecule has 0 amide bonds. The maximum absolute atomic E-state index is 11.4. The molecule has 1 unspecified atom stereocenters. The number of anilines is 1. The second-order valence-electron chi connectivity index (χ2n) is 7.60. The molecule has 1 saturated heterocycles. The molecule has 0 aliphatic carbocycles. The van der Waals surface area contributed by atoms with Crippen LogP contribution in [0.5, 0.6) is 0 Å². The second kappa shape index (κ2) is 10.4. The number of aromatic nitrogens is 1. The minimum absolute atomic E-state index is 0.327. The standard InChI is InChI=1S/C23H30ClN3OS/c1-4-5-6-22(21-9-8-19(24)15-17(21)2)18-7-10-23(25-16-18)27-13-11-20(12-14-27)26-29(3)28/h6-10,15-16,20,26H,4-5,11-14H2,1-3H3. The Hall–Kier alpha value is -1.69. The van der Waals surface area contributed by atoms with Gasteiger partial charge in [-0.05, 0) is 67.2 Å². The lowest BCUT2D eigenvalue weighted by Crippen LogP contribution is -2.43. The van der Waals surface area contributed by atoms with Gasteiger partial charge in [0.05, 0.1) is 11.0 Å². The van der Waals surface area contributed by atoms with Gasteiger partial charge in [-0.3, -0.25) is 0 Å². The molecule has 6 heteroatoms. The lowest BCUT2D eigenvalue weighted by molar-refractivity contribution is 0.471. The number of piperidine rings is 1. The molecule has 1 aliphatic heterocycles. The highest BCUT2D eigenvalue weighted by molar-refractivity contribution is 7.82. The molecule has 1 N–H and O–H groups in total. The summed E-state index contributed by atoms with van der Waals surface area (Å²) in [4.78, 5) is 7.08. The molecule has 0 radical (unpaired) electrons. The van der Waals surface area contributed by atoms with Crippen molar-refractivity contribution in [2.24, 2.45) is 0 Å². The van der Waals surface area contributed by atoms with Gasteiger partial charge in [0.25, 0.3) is 0 Å². The maximum atomic E-state index is 11.4. The molecule has 156 valence electrons. The lowest BCUT2D eigenvalue weighted by Gasteiger charge is -2.32. The van der Waals surface area contributed by atoms with E-state index >= 15 is 0 Å². The largest absolute Gasteiger partial charge is 0.357 e. The Morgan fingerprint density at radius 1 is 1.31 bits per heavy atom. The van der Waals surface area contributed by atoms with Crippen molar-refractivity contribution in [2.45, 2.75) is 45.6 Å². The number of nitrogens with zero attached hydrogens (tertiary/aromatic N) is 2. The zero-order chi connectivity index (χ0) is 20.8. The molecule has 1 aromatic heterocycles. The Labute approximate surface area is 182 Å². The first kappa shape index (κ1) is 22.0. The number of nitrogens with one attached hydrogen (secondary N) is 1. The van der Waals surface area contributed by atoms with Gasteiger partial charge >= 0.3 is 0 Å². The Balaban J connectivity index is 1.77. The van der Waals surface area contributed by atoms with Crippen molar-refractivity contribution in [3.63, 3.8) is 0 Å². The second-order valence-corrected chi connectivity index (χ2v) is 9.18. The van der Waals surface area contributed by atoms with Crippen LogP contribution in [0, 0.1) is 6.92 Å². The first-order valence-electron chi connectivity index (χ1n) is 10.3. The normalized spacial score (nSPS) is 16.8. The van der Waals surface area contributed by atoms with Crippen molar-refractivity contribution in [1.82, 2.24) is 9.71 Å². The Bertz CT molecular complexity index is 874. The van der Waals surface area contributed by atoms with E-state index in [0.717, 1.165) is 55.2 Å². The summed E-state index contributed by atoms with van der Waals surface area (Å²) in [6, 6.07) is 10.7. The molecule has 1 aromatic carbocycles. The number of rotatable bonds is 7. The highest BCUT2D eigenvalue weighted by atomic mass is 35.5. The summed E-state index contributed by atoms with van der Waals surface area (Å²) in [5.41, 5.74) is 4.72. The molecule has 4 nitrogen and oxygen atoms in total. The van der Waals surface area contributed by atoms with Crippen molar-refractivity contribution in [3.05, 3.63) is 64.3 Å².